The zero-order valence-corrected chi connectivity index (χ0v) is 21.9. The van der Waals surface area contributed by atoms with Gasteiger partial charge in [0, 0.05) is 36.7 Å². The van der Waals surface area contributed by atoms with Crippen LogP contribution in [0, 0.1) is 5.82 Å². The number of rotatable bonds is 10. The van der Waals surface area contributed by atoms with Gasteiger partial charge in [0.05, 0.1) is 19.4 Å². The monoisotopic (exact) mass is 546 g/mol. The minimum absolute atomic E-state index is 0.0853. The van der Waals surface area contributed by atoms with E-state index >= 15 is 0 Å². The van der Waals surface area contributed by atoms with Crippen molar-refractivity contribution in [3.8, 4) is 34.2 Å². The van der Waals surface area contributed by atoms with Crippen LogP contribution in [0.3, 0.4) is 0 Å². The lowest BCUT2D eigenvalue weighted by molar-refractivity contribution is -0.117. The fourth-order valence-electron chi connectivity index (χ4n) is 4.17. The second-order valence-corrected chi connectivity index (χ2v) is 8.86. The van der Waals surface area contributed by atoms with E-state index in [2.05, 4.69) is 10.3 Å². The lowest BCUT2D eigenvalue weighted by atomic mass is 10.1. The fourth-order valence-corrected chi connectivity index (χ4v) is 4.17. The number of anilines is 1. The Bertz CT molecular complexity index is 1500. The van der Waals surface area contributed by atoms with Crippen LogP contribution in [-0.4, -0.2) is 67.0 Å². The summed E-state index contributed by atoms with van der Waals surface area (Å²) in [6.45, 7) is 0.239. The van der Waals surface area contributed by atoms with Gasteiger partial charge in [0.25, 0.3) is 5.91 Å². The number of hydrogen-bond acceptors (Lipinski definition) is 7. The van der Waals surface area contributed by atoms with Gasteiger partial charge < -0.3 is 23.8 Å². The Balaban J connectivity index is 1.39. The van der Waals surface area contributed by atoms with E-state index in [1.54, 1.807) is 60.3 Å². The van der Waals surface area contributed by atoms with Crippen molar-refractivity contribution in [1.82, 2.24) is 14.5 Å². The number of ether oxygens (including phenoxy) is 4. The molecular weight excluding hydrogens is 519 g/mol. The molecule has 0 atom stereocenters. The highest BCUT2D eigenvalue weighted by Gasteiger charge is 2.23. The van der Waals surface area contributed by atoms with Gasteiger partial charge in [-0.1, -0.05) is 0 Å². The third-order valence-corrected chi connectivity index (χ3v) is 6.25. The van der Waals surface area contributed by atoms with Crippen LogP contribution in [0.1, 0.15) is 10.4 Å². The van der Waals surface area contributed by atoms with Gasteiger partial charge in [-0.15, -0.1) is 0 Å². The second kappa shape index (κ2) is 11.9. The van der Waals surface area contributed by atoms with Crippen molar-refractivity contribution < 1.29 is 32.9 Å². The Hall–Kier alpha value is -4.90. The van der Waals surface area contributed by atoms with Gasteiger partial charge in [0.2, 0.25) is 18.6 Å². The zero-order valence-electron chi connectivity index (χ0n) is 21.9. The Morgan fingerprint density at radius 1 is 1.02 bits per heavy atom. The summed E-state index contributed by atoms with van der Waals surface area (Å²) in [7, 11) is 3.10. The molecule has 5 rings (SSSR count). The maximum absolute atomic E-state index is 13.6. The number of halogens is 1. The van der Waals surface area contributed by atoms with Crippen molar-refractivity contribution in [3.05, 3.63) is 84.3 Å². The van der Waals surface area contributed by atoms with Gasteiger partial charge >= 0.3 is 0 Å². The van der Waals surface area contributed by atoms with Crippen molar-refractivity contribution in [2.24, 2.45) is 0 Å². The van der Waals surface area contributed by atoms with Crippen molar-refractivity contribution in [1.29, 1.82) is 0 Å². The highest BCUT2D eigenvalue weighted by molar-refractivity contribution is 5.99. The first kappa shape index (κ1) is 26.7. The number of hydrogen-bond donors (Lipinski definition) is 1. The van der Waals surface area contributed by atoms with E-state index in [9.17, 15) is 14.0 Å². The summed E-state index contributed by atoms with van der Waals surface area (Å²) < 4.78 is 36.4. The zero-order chi connectivity index (χ0) is 28.1. The van der Waals surface area contributed by atoms with Gasteiger partial charge in [0.15, 0.2) is 11.5 Å². The molecule has 0 saturated heterocycles. The molecule has 40 heavy (non-hydrogen) atoms. The summed E-state index contributed by atoms with van der Waals surface area (Å²) in [5.41, 5.74) is 2.31. The van der Waals surface area contributed by atoms with E-state index in [4.69, 9.17) is 18.9 Å². The first-order valence-corrected chi connectivity index (χ1v) is 12.4. The van der Waals surface area contributed by atoms with Crippen LogP contribution in [0.4, 0.5) is 10.3 Å². The summed E-state index contributed by atoms with van der Waals surface area (Å²) in [5, 5.41) is 2.81. The van der Waals surface area contributed by atoms with Crippen molar-refractivity contribution in [3.63, 3.8) is 0 Å². The van der Waals surface area contributed by atoms with Gasteiger partial charge in [-0.05, 0) is 66.7 Å². The lowest BCUT2D eigenvalue weighted by Gasteiger charge is -2.22. The van der Waals surface area contributed by atoms with E-state index in [1.165, 1.54) is 24.1 Å². The molecule has 0 saturated carbocycles. The van der Waals surface area contributed by atoms with E-state index in [0.717, 1.165) is 5.56 Å². The molecule has 0 aliphatic carbocycles. The average Bonchev–Trinajstić information content (AvgIpc) is 3.62. The topological polar surface area (TPSA) is 104 Å². The van der Waals surface area contributed by atoms with Crippen molar-refractivity contribution in [2.45, 2.75) is 0 Å². The smallest absolute Gasteiger partial charge is 0.254 e. The second-order valence-electron chi connectivity index (χ2n) is 8.86. The predicted molar refractivity (Wildman–Crippen MR) is 144 cm³/mol. The Morgan fingerprint density at radius 3 is 2.50 bits per heavy atom. The standard InChI is InChI=1S/C29H27FN4O6/c1-37-14-13-33(28(36)20-5-12-25-26(15-20)40-18-39-25)17-27(35)32-29-31-24(19-3-10-23(38-2)11-4-19)16-34(29)22-8-6-21(30)7-9-22/h3-12,15-16H,13-14,17-18H2,1-2H3,(H,31,32,35). The number of nitrogens with zero attached hydrogens (tertiary/aromatic N) is 3. The molecule has 0 bridgehead atoms. The van der Waals surface area contributed by atoms with Crippen LogP contribution < -0.4 is 19.5 Å². The van der Waals surface area contributed by atoms with Crippen LogP contribution in [-0.2, 0) is 9.53 Å². The molecule has 206 valence electrons. The first-order valence-electron chi connectivity index (χ1n) is 12.4. The normalized spacial score (nSPS) is 11.8. The van der Waals surface area contributed by atoms with E-state index in [0.29, 0.717) is 34.2 Å². The number of methoxy groups -OCH3 is 2. The van der Waals surface area contributed by atoms with Crippen LogP contribution in [0.15, 0.2) is 72.9 Å². The first-order chi connectivity index (χ1) is 19.4. The molecule has 0 radical (unpaired) electrons. The number of fused-ring (bicyclic) bond motifs is 1. The maximum atomic E-state index is 13.6. The third-order valence-electron chi connectivity index (χ3n) is 6.25. The van der Waals surface area contributed by atoms with E-state index in [1.807, 2.05) is 12.1 Å². The minimum Gasteiger partial charge on any atom is -0.497 e. The molecule has 0 spiro atoms. The number of carbonyl (C=O) groups is 2. The number of carbonyl (C=O) groups excluding carboxylic acids is 2. The largest absolute Gasteiger partial charge is 0.497 e. The summed E-state index contributed by atoms with van der Waals surface area (Å²) in [4.78, 5) is 32.6. The van der Waals surface area contributed by atoms with E-state index < -0.39 is 5.91 Å². The summed E-state index contributed by atoms with van der Waals surface area (Å²) in [5.74, 6) is 0.697. The molecule has 1 N–H and O–H groups in total. The fraction of sp³-hybridized carbons (Fsp3) is 0.207. The highest BCUT2D eigenvalue weighted by atomic mass is 19.1. The number of amides is 2. The molecule has 4 aromatic rings. The molecule has 1 aliphatic rings. The summed E-state index contributed by atoms with van der Waals surface area (Å²) in [6.07, 6.45) is 1.74. The Labute approximate surface area is 229 Å². The molecule has 2 amide bonds. The number of nitrogens with one attached hydrogen (secondary N) is 1. The van der Waals surface area contributed by atoms with Crippen LogP contribution in [0.25, 0.3) is 16.9 Å². The minimum atomic E-state index is -0.472. The quantitative estimate of drug-likeness (QED) is 0.319. The molecular formula is C29H27FN4O6. The van der Waals surface area contributed by atoms with Gasteiger partial charge in [-0.2, -0.15) is 0 Å². The SMILES string of the molecule is COCCN(CC(=O)Nc1nc(-c2ccc(OC)cc2)cn1-c1ccc(F)cc1)C(=O)c1ccc2c(c1)OCO2. The molecule has 1 aromatic heterocycles. The highest BCUT2D eigenvalue weighted by Crippen LogP contribution is 2.33. The van der Waals surface area contributed by atoms with Crippen LogP contribution >= 0.6 is 0 Å². The van der Waals surface area contributed by atoms with E-state index in [-0.39, 0.29) is 44.2 Å². The summed E-state index contributed by atoms with van der Waals surface area (Å²) >= 11 is 0. The molecule has 3 aromatic carbocycles. The number of benzene rings is 3. The summed E-state index contributed by atoms with van der Waals surface area (Å²) in [6, 6.07) is 18.0. The number of imidazole rings is 1. The molecule has 0 unspecified atom stereocenters. The maximum Gasteiger partial charge on any atom is 0.254 e. The predicted octanol–water partition coefficient (Wildman–Crippen LogP) is 4.14. The van der Waals surface area contributed by atoms with Crippen LogP contribution in [0.2, 0.25) is 0 Å². The van der Waals surface area contributed by atoms with Crippen LogP contribution in [0.5, 0.6) is 17.2 Å². The molecule has 10 nitrogen and oxygen atoms in total. The molecule has 1 aliphatic heterocycles. The van der Waals surface area contributed by atoms with Gasteiger partial charge in [0.1, 0.15) is 18.1 Å². The molecule has 11 heteroatoms. The van der Waals surface area contributed by atoms with Crippen molar-refractivity contribution >= 4 is 17.8 Å². The Kier molecular flexibility index (Phi) is 7.92. The van der Waals surface area contributed by atoms with Crippen molar-refractivity contribution in [2.75, 3.05) is 46.0 Å². The van der Waals surface area contributed by atoms with Gasteiger partial charge in [-0.25, -0.2) is 9.37 Å². The van der Waals surface area contributed by atoms with Gasteiger partial charge in [-0.3, -0.25) is 19.5 Å². The third kappa shape index (κ3) is 5.89. The lowest BCUT2D eigenvalue weighted by Crippen LogP contribution is -2.40. The average molecular weight is 547 g/mol. The molecule has 2 heterocycles. The Morgan fingerprint density at radius 2 is 1.77 bits per heavy atom. The number of aromatic nitrogens is 2. The molecule has 0 fully saturated rings.